The number of nitrogens with one attached hydrogen (secondary N) is 1. The Morgan fingerprint density at radius 1 is 0.886 bits per heavy atom. The van der Waals surface area contributed by atoms with E-state index in [1.807, 2.05) is 80.6 Å². The van der Waals surface area contributed by atoms with Gasteiger partial charge in [0.15, 0.2) is 0 Å². The van der Waals surface area contributed by atoms with Crippen LogP contribution in [-0.4, -0.2) is 38.2 Å². The molecular weight excluding hydrogens is 446 g/mol. The first-order chi connectivity index (χ1) is 16.9. The lowest BCUT2D eigenvalue weighted by Gasteiger charge is -2.24. The number of hydrogen-bond donors (Lipinski definition) is 1. The van der Waals surface area contributed by atoms with Crippen LogP contribution in [0.4, 0.5) is 0 Å². The Kier molecular flexibility index (Phi) is 9.49. The second-order valence-electron chi connectivity index (χ2n) is 8.72. The molecule has 0 amide bonds. The third kappa shape index (κ3) is 7.72. The third-order valence-electron chi connectivity index (χ3n) is 5.55. The Morgan fingerprint density at radius 3 is 2.23 bits per heavy atom. The molecule has 0 bridgehead atoms. The lowest BCUT2D eigenvalue weighted by Crippen LogP contribution is -2.49. The van der Waals surface area contributed by atoms with Gasteiger partial charge in [-0.25, -0.2) is 0 Å². The van der Waals surface area contributed by atoms with E-state index in [4.69, 9.17) is 18.6 Å². The molecule has 7 nitrogen and oxygen atoms in total. The minimum absolute atomic E-state index is 0.169. The lowest BCUT2D eigenvalue weighted by atomic mass is 10.0. The van der Waals surface area contributed by atoms with Gasteiger partial charge in [0.05, 0.1) is 14.2 Å². The molecule has 0 aliphatic rings. The van der Waals surface area contributed by atoms with E-state index in [0.717, 1.165) is 16.9 Å². The zero-order chi connectivity index (χ0) is 25.2. The fourth-order valence-corrected chi connectivity index (χ4v) is 3.73. The summed E-state index contributed by atoms with van der Waals surface area (Å²) in [7, 11) is 2.94. The molecule has 0 radical (unpaired) electrons. The Balaban J connectivity index is 1.71. The molecule has 0 saturated carbocycles. The summed E-state index contributed by atoms with van der Waals surface area (Å²) in [5.74, 6) is 1.35. The second kappa shape index (κ2) is 12.8. The molecule has 0 saturated heterocycles. The summed E-state index contributed by atoms with van der Waals surface area (Å²) < 4.78 is 21.7. The standard InChI is InChI=1S/C28H33NO6/c1-19(2)16-24(28(31)34-18-20-8-6-5-7-9-20)29-25(27(30)33-4)17-23-14-15-26(35-23)21-10-12-22(32-3)13-11-21/h5-15,19,24-25,29H,16-18H2,1-4H3/t24-,25-/m0/s1. The molecule has 0 spiro atoms. The highest BCUT2D eigenvalue weighted by atomic mass is 16.5. The minimum atomic E-state index is -0.775. The molecule has 2 atom stereocenters. The van der Waals surface area contributed by atoms with Crippen LogP contribution < -0.4 is 10.1 Å². The van der Waals surface area contributed by atoms with Gasteiger partial charge in [-0.15, -0.1) is 0 Å². The monoisotopic (exact) mass is 479 g/mol. The highest BCUT2D eigenvalue weighted by Crippen LogP contribution is 2.25. The molecule has 1 heterocycles. The van der Waals surface area contributed by atoms with Gasteiger partial charge in [0.25, 0.3) is 0 Å². The molecule has 186 valence electrons. The number of furan rings is 1. The predicted octanol–water partition coefficient (Wildman–Crippen LogP) is 4.79. The van der Waals surface area contributed by atoms with E-state index in [-0.39, 0.29) is 18.9 Å². The SMILES string of the molecule is COC(=O)[C@H](Cc1ccc(-c2ccc(OC)cc2)o1)N[C@@H](CC(C)C)C(=O)OCc1ccccc1. The first-order valence-corrected chi connectivity index (χ1v) is 11.7. The van der Waals surface area contributed by atoms with Crippen LogP contribution in [0.1, 0.15) is 31.6 Å². The number of rotatable bonds is 12. The van der Waals surface area contributed by atoms with Crippen LogP contribution in [0.2, 0.25) is 0 Å². The largest absolute Gasteiger partial charge is 0.497 e. The zero-order valence-corrected chi connectivity index (χ0v) is 20.7. The first kappa shape index (κ1) is 26.0. The van der Waals surface area contributed by atoms with Gasteiger partial charge in [0.2, 0.25) is 0 Å². The lowest BCUT2D eigenvalue weighted by molar-refractivity contribution is -0.149. The summed E-state index contributed by atoms with van der Waals surface area (Å²) in [6.07, 6.45) is 0.736. The van der Waals surface area contributed by atoms with Crippen molar-refractivity contribution in [3.8, 4) is 17.1 Å². The van der Waals surface area contributed by atoms with Crippen LogP contribution in [0.3, 0.4) is 0 Å². The van der Waals surface area contributed by atoms with Gasteiger partial charge < -0.3 is 18.6 Å². The van der Waals surface area contributed by atoms with Crippen molar-refractivity contribution in [2.45, 2.75) is 45.4 Å². The topological polar surface area (TPSA) is 87.0 Å². The minimum Gasteiger partial charge on any atom is -0.497 e. The fourth-order valence-electron chi connectivity index (χ4n) is 3.73. The molecule has 2 aromatic carbocycles. The average molecular weight is 480 g/mol. The van der Waals surface area contributed by atoms with E-state index in [1.54, 1.807) is 7.11 Å². The summed E-state index contributed by atoms with van der Waals surface area (Å²) in [5.41, 5.74) is 1.79. The van der Waals surface area contributed by atoms with Crippen molar-refractivity contribution < 1.29 is 28.2 Å². The van der Waals surface area contributed by atoms with Crippen LogP contribution in [0.5, 0.6) is 5.75 Å². The van der Waals surface area contributed by atoms with E-state index < -0.39 is 24.0 Å². The molecule has 7 heteroatoms. The van der Waals surface area contributed by atoms with Crippen molar-refractivity contribution in [2.75, 3.05) is 14.2 Å². The normalized spacial score (nSPS) is 12.7. The molecule has 1 N–H and O–H groups in total. The van der Waals surface area contributed by atoms with Crippen LogP contribution in [-0.2, 0) is 32.1 Å². The van der Waals surface area contributed by atoms with Gasteiger partial charge in [-0.05, 0) is 54.3 Å². The highest BCUT2D eigenvalue weighted by molar-refractivity contribution is 5.80. The molecule has 3 rings (SSSR count). The van der Waals surface area contributed by atoms with Crippen LogP contribution >= 0.6 is 0 Å². The molecule has 3 aromatic rings. The molecule has 0 fully saturated rings. The van der Waals surface area contributed by atoms with Gasteiger partial charge in [-0.2, -0.15) is 0 Å². The Morgan fingerprint density at radius 2 is 1.60 bits per heavy atom. The quantitative estimate of drug-likeness (QED) is 0.374. The number of hydrogen-bond acceptors (Lipinski definition) is 7. The average Bonchev–Trinajstić information content (AvgIpc) is 3.34. The summed E-state index contributed by atoms with van der Waals surface area (Å²) in [6, 6.07) is 19.2. The van der Waals surface area contributed by atoms with Gasteiger partial charge in [-0.3, -0.25) is 14.9 Å². The van der Waals surface area contributed by atoms with Gasteiger partial charge in [0.1, 0.15) is 36.0 Å². The summed E-state index contributed by atoms with van der Waals surface area (Å²) >= 11 is 0. The summed E-state index contributed by atoms with van der Waals surface area (Å²) in [5, 5.41) is 3.16. The number of carbonyl (C=O) groups is 2. The number of esters is 2. The maximum Gasteiger partial charge on any atom is 0.323 e. The zero-order valence-electron chi connectivity index (χ0n) is 20.7. The summed E-state index contributed by atoms with van der Waals surface area (Å²) in [4.78, 5) is 25.5. The van der Waals surface area contributed by atoms with E-state index >= 15 is 0 Å². The van der Waals surface area contributed by atoms with Gasteiger partial charge in [0, 0.05) is 12.0 Å². The highest BCUT2D eigenvalue weighted by Gasteiger charge is 2.30. The fraction of sp³-hybridized carbons (Fsp3) is 0.357. The van der Waals surface area contributed by atoms with Crippen LogP contribution in [0, 0.1) is 5.92 Å². The van der Waals surface area contributed by atoms with Crippen molar-refractivity contribution in [1.82, 2.24) is 5.32 Å². The van der Waals surface area contributed by atoms with Gasteiger partial charge in [-0.1, -0.05) is 44.2 Å². The smallest absolute Gasteiger partial charge is 0.323 e. The first-order valence-electron chi connectivity index (χ1n) is 11.7. The van der Waals surface area contributed by atoms with Gasteiger partial charge >= 0.3 is 11.9 Å². The van der Waals surface area contributed by atoms with Crippen molar-refractivity contribution in [3.63, 3.8) is 0 Å². The summed E-state index contributed by atoms with van der Waals surface area (Å²) in [6.45, 7) is 4.20. The van der Waals surface area contributed by atoms with Crippen LogP contribution in [0.15, 0.2) is 71.1 Å². The molecule has 0 aliphatic heterocycles. The second-order valence-corrected chi connectivity index (χ2v) is 8.72. The Labute approximate surface area is 206 Å². The Bertz CT molecular complexity index is 1070. The third-order valence-corrected chi connectivity index (χ3v) is 5.55. The number of benzene rings is 2. The number of ether oxygens (including phenoxy) is 3. The van der Waals surface area contributed by atoms with E-state index in [2.05, 4.69) is 5.32 Å². The predicted molar refractivity (Wildman–Crippen MR) is 133 cm³/mol. The molecule has 0 unspecified atom stereocenters. The number of carbonyl (C=O) groups excluding carboxylic acids is 2. The Hall–Kier alpha value is -3.58. The molecule has 35 heavy (non-hydrogen) atoms. The van der Waals surface area contributed by atoms with Crippen LogP contribution in [0.25, 0.3) is 11.3 Å². The van der Waals surface area contributed by atoms with Crippen molar-refractivity contribution in [1.29, 1.82) is 0 Å². The molecular formula is C28H33NO6. The maximum absolute atomic E-state index is 12.9. The van der Waals surface area contributed by atoms with E-state index in [9.17, 15) is 9.59 Å². The van der Waals surface area contributed by atoms with Crippen molar-refractivity contribution in [2.24, 2.45) is 5.92 Å². The van der Waals surface area contributed by atoms with Crippen molar-refractivity contribution in [3.05, 3.63) is 78.1 Å². The maximum atomic E-state index is 12.9. The molecule has 1 aromatic heterocycles. The van der Waals surface area contributed by atoms with E-state index in [0.29, 0.717) is 17.9 Å². The van der Waals surface area contributed by atoms with E-state index in [1.165, 1.54) is 7.11 Å². The van der Waals surface area contributed by atoms with Crippen molar-refractivity contribution >= 4 is 11.9 Å². The molecule has 0 aliphatic carbocycles. The number of methoxy groups -OCH3 is 2.